The molecule has 1 rings (SSSR count). The average molecular weight is 200 g/mol. The highest BCUT2D eigenvalue weighted by Gasteiger charge is 2.09. The normalized spacial score (nSPS) is 9.77. The molecule has 0 saturated heterocycles. The number of halogens is 1. The maximum Gasteiger partial charge on any atom is 0.253 e. The number of carbonyl (C=O) groups is 1. The molecule has 0 spiro atoms. The van der Waals surface area contributed by atoms with Gasteiger partial charge < -0.3 is 10.0 Å². The second kappa shape index (κ2) is 3.66. The molecule has 1 amide bonds. The van der Waals surface area contributed by atoms with Gasteiger partial charge in [0, 0.05) is 24.7 Å². The van der Waals surface area contributed by atoms with E-state index < -0.39 is 0 Å². The van der Waals surface area contributed by atoms with Crippen LogP contribution in [0.1, 0.15) is 10.4 Å². The smallest absolute Gasteiger partial charge is 0.253 e. The molecule has 3 nitrogen and oxygen atoms in total. The van der Waals surface area contributed by atoms with Crippen molar-refractivity contribution in [3.63, 3.8) is 0 Å². The summed E-state index contributed by atoms with van der Waals surface area (Å²) in [7, 11) is 3.28. The van der Waals surface area contributed by atoms with Crippen molar-refractivity contribution in [1.82, 2.24) is 4.90 Å². The van der Waals surface area contributed by atoms with Gasteiger partial charge in [0.25, 0.3) is 5.91 Å². The molecule has 1 aromatic carbocycles. The number of aromatic hydroxyl groups is 1. The van der Waals surface area contributed by atoms with E-state index in [1.54, 1.807) is 14.1 Å². The van der Waals surface area contributed by atoms with Crippen LogP contribution in [0.2, 0.25) is 5.02 Å². The number of nitrogens with zero attached hydrogens (tertiary/aromatic N) is 1. The minimum atomic E-state index is -0.183. The standard InChI is InChI=1S/C9H10ClNO2/c1-11(2)9(13)6-3-7(10)5-8(12)4-6/h3-5,12H,1-2H3. The van der Waals surface area contributed by atoms with Gasteiger partial charge >= 0.3 is 0 Å². The Labute approximate surface area is 81.5 Å². The van der Waals surface area contributed by atoms with Crippen LogP contribution in [-0.2, 0) is 0 Å². The highest BCUT2D eigenvalue weighted by molar-refractivity contribution is 6.31. The number of rotatable bonds is 1. The molecule has 0 fully saturated rings. The summed E-state index contributed by atoms with van der Waals surface area (Å²) in [4.78, 5) is 12.8. The first-order chi connectivity index (χ1) is 6.00. The number of amides is 1. The van der Waals surface area contributed by atoms with Gasteiger partial charge in [-0.2, -0.15) is 0 Å². The fourth-order valence-electron chi connectivity index (χ4n) is 0.956. The second-order valence-corrected chi connectivity index (χ2v) is 3.33. The van der Waals surface area contributed by atoms with Gasteiger partial charge in [-0.05, 0) is 18.2 Å². The lowest BCUT2D eigenvalue weighted by Crippen LogP contribution is -2.21. The van der Waals surface area contributed by atoms with Crippen LogP contribution in [0.5, 0.6) is 5.75 Å². The van der Waals surface area contributed by atoms with E-state index in [1.165, 1.54) is 23.1 Å². The van der Waals surface area contributed by atoms with Crippen molar-refractivity contribution < 1.29 is 9.90 Å². The number of carbonyl (C=O) groups excluding carboxylic acids is 1. The van der Waals surface area contributed by atoms with E-state index in [2.05, 4.69) is 0 Å². The molecule has 0 heterocycles. The molecule has 0 unspecified atom stereocenters. The third kappa shape index (κ3) is 2.36. The van der Waals surface area contributed by atoms with Crippen LogP contribution in [0.4, 0.5) is 0 Å². The number of hydrogen-bond donors (Lipinski definition) is 1. The summed E-state index contributed by atoms with van der Waals surface area (Å²) < 4.78 is 0. The molecule has 4 heteroatoms. The Kier molecular flexibility index (Phi) is 2.78. The van der Waals surface area contributed by atoms with E-state index in [0.717, 1.165) is 0 Å². The molecule has 13 heavy (non-hydrogen) atoms. The van der Waals surface area contributed by atoms with Crippen LogP contribution in [-0.4, -0.2) is 30.0 Å². The lowest BCUT2D eigenvalue weighted by Gasteiger charge is -2.10. The van der Waals surface area contributed by atoms with Gasteiger partial charge in [-0.3, -0.25) is 4.79 Å². The Hall–Kier alpha value is -1.22. The fourth-order valence-corrected chi connectivity index (χ4v) is 1.19. The summed E-state index contributed by atoms with van der Waals surface area (Å²) in [5, 5.41) is 9.52. The quantitative estimate of drug-likeness (QED) is 0.749. The van der Waals surface area contributed by atoms with Crippen molar-refractivity contribution in [2.75, 3.05) is 14.1 Å². The number of phenolic OH excluding ortho intramolecular Hbond substituents is 1. The molecular weight excluding hydrogens is 190 g/mol. The van der Waals surface area contributed by atoms with Crippen molar-refractivity contribution in [1.29, 1.82) is 0 Å². The van der Waals surface area contributed by atoms with Gasteiger partial charge in [-0.1, -0.05) is 11.6 Å². The molecule has 70 valence electrons. The van der Waals surface area contributed by atoms with Crippen molar-refractivity contribution >= 4 is 17.5 Å². The van der Waals surface area contributed by atoms with Gasteiger partial charge in [0.1, 0.15) is 5.75 Å². The number of hydrogen-bond acceptors (Lipinski definition) is 2. The zero-order chi connectivity index (χ0) is 10.0. The highest BCUT2D eigenvalue weighted by Crippen LogP contribution is 2.20. The molecule has 0 radical (unpaired) electrons. The Balaban J connectivity index is 3.08. The monoisotopic (exact) mass is 199 g/mol. The Morgan fingerprint density at radius 1 is 1.38 bits per heavy atom. The van der Waals surface area contributed by atoms with Crippen molar-refractivity contribution in [3.8, 4) is 5.75 Å². The average Bonchev–Trinajstić information content (AvgIpc) is 2.01. The van der Waals surface area contributed by atoms with E-state index in [4.69, 9.17) is 16.7 Å². The summed E-state index contributed by atoms with van der Waals surface area (Å²) in [5.41, 5.74) is 0.384. The third-order valence-corrected chi connectivity index (χ3v) is 1.75. The molecule has 0 bridgehead atoms. The molecule has 0 atom stereocenters. The van der Waals surface area contributed by atoms with Crippen molar-refractivity contribution in [2.45, 2.75) is 0 Å². The fraction of sp³-hybridized carbons (Fsp3) is 0.222. The van der Waals surface area contributed by atoms with Crippen LogP contribution in [0.15, 0.2) is 18.2 Å². The maximum absolute atomic E-state index is 11.4. The minimum Gasteiger partial charge on any atom is -0.508 e. The first kappa shape index (κ1) is 9.86. The summed E-state index contributed by atoms with van der Waals surface area (Å²) in [6, 6.07) is 4.28. The molecule has 0 saturated carbocycles. The van der Waals surface area contributed by atoms with Crippen LogP contribution in [0, 0.1) is 0 Å². The van der Waals surface area contributed by atoms with Crippen molar-refractivity contribution in [2.24, 2.45) is 0 Å². The van der Waals surface area contributed by atoms with E-state index in [0.29, 0.717) is 10.6 Å². The molecule has 0 aliphatic carbocycles. The highest BCUT2D eigenvalue weighted by atomic mass is 35.5. The van der Waals surface area contributed by atoms with E-state index in [-0.39, 0.29) is 11.7 Å². The minimum absolute atomic E-state index is 0.00213. The summed E-state index contributed by atoms with van der Waals surface area (Å²) in [5.74, 6) is -0.185. The summed E-state index contributed by atoms with van der Waals surface area (Å²) >= 11 is 5.67. The molecule has 1 N–H and O–H groups in total. The van der Waals surface area contributed by atoms with E-state index in [9.17, 15) is 4.79 Å². The predicted octanol–water partition coefficient (Wildman–Crippen LogP) is 1.75. The van der Waals surface area contributed by atoms with Crippen molar-refractivity contribution in [3.05, 3.63) is 28.8 Å². The first-order valence-electron chi connectivity index (χ1n) is 3.72. The van der Waals surface area contributed by atoms with E-state index in [1.807, 2.05) is 0 Å². The molecule has 0 aliphatic heterocycles. The Morgan fingerprint density at radius 2 is 2.00 bits per heavy atom. The summed E-state index contributed by atoms with van der Waals surface area (Å²) in [6.45, 7) is 0. The molecule has 0 aliphatic rings. The third-order valence-electron chi connectivity index (χ3n) is 1.54. The van der Waals surface area contributed by atoms with Crippen LogP contribution in [0.25, 0.3) is 0 Å². The first-order valence-corrected chi connectivity index (χ1v) is 4.09. The Morgan fingerprint density at radius 3 is 2.46 bits per heavy atom. The lowest BCUT2D eigenvalue weighted by molar-refractivity contribution is 0.0827. The van der Waals surface area contributed by atoms with Crippen LogP contribution in [0.3, 0.4) is 0 Å². The van der Waals surface area contributed by atoms with E-state index >= 15 is 0 Å². The van der Waals surface area contributed by atoms with Gasteiger partial charge in [-0.25, -0.2) is 0 Å². The zero-order valence-electron chi connectivity index (χ0n) is 7.41. The molecule has 1 aromatic rings. The largest absolute Gasteiger partial charge is 0.508 e. The second-order valence-electron chi connectivity index (χ2n) is 2.90. The van der Waals surface area contributed by atoms with Gasteiger partial charge in [0.05, 0.1) is 0 Å². The molecule has 0 aromatic heterocycles. The molecular formula is C9H10ClNO2. The number of benzene rings is 1. The lowest BCUT2D eigenvalue weighted by atomic mass is 10.2. The zero-order valence-corrected chi connectivity index (χ0v) is 8.17. The van der Waals surface area contributed by atoms with Gasteiger partial charge in [0.15, 0.2) is 0 Å². The number of phenols is 1. The van der Waals surface area contributed by atoms with Gasteiger partial charge in [0.2, 0.25) is 0 Å². The summed E-state index contributed by atoms with van der Waals surface area (Å²) in [6.07, 6.45) is 0. The SMILES string of the molecule is CN(C)C(=O)c1cc(O)cc(Cl)c1. The predicted molar refractivity (Wildman–Crippen MR) is 51.1 cm³/mol. The van der Waals surface area contributed by atoms with Gasteiger partial charge in [-0.15, -0.1) is 0 Å². The van der Waals surface area contributed by atoms with Crippen LogP contribution >= 0.6 is 11.6 Å². The topological polar surface area (TPSA) is 40.5 Å². The maximum atomic E-state index is 11.4. The Bertz CT molecular complexity index is 316. The van der Waals surface area contributed by atoms with Crippen LogP contribution < -0.4 is 0 Å².